The van der Waals surface area contributed by atoms with Gasteiger partial charge in [0.1, 0.15) is 12.5 Å². The van der Waals surface area contributed by atoms with Crippen LogP contribution in [0.4, 0.5) is 5.69 Å². The third-order valence-corrected chi connectivity index (χ3v) is 4.52. The Morgan fingerprint density at radius 3 is 2.59 bits per heavy atom. The van der Waals surface area contributed by atoms with Gasteiger partial charge in [0, 0.05) is 19.3 Å². The van der Waals surface area contributed by atoms with Gasteiger partial charge in [0.25, 0.3) is 5.91 Å². The third kappa shape index (κ3) is 2.39. The average Bonchev–Trinajstić information content (AvgIpc) is 3.17. The molecule has 3 heterocycles. The molecule has 6 heteroatoms. The molecule has 116 valence electrons. The molecule has 1 aromatic rings. The van der Waals surface area contributed by atoms with Gasteiger partial charge in [0.15, 0.2) is 0 Å². The van der Waals surface area contributed by atoms with E-state index in [2.05, 4.69) is 40.0 Å². The predicted molar refractivity (Wildman–Crippen MR) is 84.5 cm³/mol. The van der Waals surface area contributed by atoms with E-state index in [9.17, 15) is 4.79 Å². The maximum atomic E-state index is 12.4. The maximum absolute atomic E-state index is 12.4. The van der Waals surface area contributed by atoms with Crippen molar-refractivity contribution in [3.63, 3.8) is 0 Å². The van der Waals surface area contributed by atoms with Gasteiger partial charge in [-0.1, -0.05) is 17.7 Å². The Morgan fingerprint density at radius 2 is 1.86 bits per heavy atom. The van der Waals surface area contributed by atoms with Gasteiger partial charge in [-0.2, -0.15) is 0 Å². The van der Waals surface area contributed by atoms with Crippen molar-refractivity contribution in [1.82, 2.24) is 21.0 Å². The predicted octanol–water partition coefficient (Wildman–Crippen LogP) is 0.628. The average molecular weight is 299 g/mol. The Bertz CT molecular complexity index is 605. The van der Waals surface area contributed by atoms with Crippen molar-refractivity contribution >= 4 is 11.6 Å². The Morgan fingerprint density at radius 1 is 1.14 bits per heavy atom. The molecule has 1 aromatic carbocycles. The van der Waals surface area contributed by atoms with Crippen LogP contribution in [-0.2, 0) is 4.79 Å². The van der Waals surface area contributed by atoms with Crippen LogP contribution in [0, 0.1) is 6.92 Å². The number of hydrogen-bond acceptors (Lipinski definition) is 5. The van der Waals surface area contributed by atoms with E-state index in [4.69, 9.17) is 0 Å². The first-order valence-corrected chi connectivity index (χ1v) is 7.85. The van der Waals surface area contributed by atoms with E-state index >= 15 is 0 Å². The Kier molecular flexibility index (Phi) is 3.37. The smallest absolute Gasteiger partial charge is 0.254 e. The second kappa shape index (κ2) is 5.39. The number of hydrazine groups is 1. The third-order valence-electron chi connectivity index (χ3n) is 4.52. The molecular formula is C16H21N5O. The molecule has 2 unspecified atom stereocenters. The number of aryl methyl sites for hydroxylation is 1. The molecule has 0 saturated carbocycles. The summed E-state index contributed by atoms with van der Waals surface area (Å²) in [6, 6.07) is 8.23. The molecule has 0 spiro atoms. The van der Waals surface area contributed by atoms with E-state index in [1.807, 2.05) is 23.3 Å². The van der Waals surface area contributed by atoms with Gasteiger partial charge < -0.3 is 5.32 Å². The molecule has 3 N–H and O–H groups in total. The van der Waals surface area contributed by atoms with Crippen LogP contribution in [0.2, 0.25) is 0 Å². The normalized spacial score (nSPS) is 28.5. The number of benzene rings is 1. The highest BCUT2D eigenvalue weighted by Gasteiger charge is 2.38. The molecular weight excluding hydrogens is 278 g/mol. The number of nitrogens with one attached hydrogen (secondary N) is 3. The minimum atomic E-state index is -0.138. The molecule has 4 rings (SSSR count). The summed E-state index contributed by atoms with van der Waals surface area (Å²) in [6.45, 7) is 4.13. The fourth-order valence-corrected chi connectivity index (χ4v) is 3.23. The highest BCUT2D eigenvalue weighted by atomic mass is 16.2. The van der Waals surface area contributed by atoms with Crippen LogP contribution in [0.5, 0.6) is 0 Å². The Labute approximate surface area is 130 Å². The molecule has 3 aliphatic heterocycles. The number of anilines is 1. The number of likely N-dealkylation sites (tertiary alicyclic amines) is 1. The molecule has 2 fully saturated rings. The topological polar surface area (TPSA) is 59.6 Å². The van der Waals surface area contributed by atoms with E-state index in [1.54, 1.807) is 0 Å². The highest BCUT2D eigenvalue weighted by molar-refractivity contribution is 5.96. The summed E-state index contributed by atoms with van der Waals surface area (Å²) in [6.07, 6.45) is 4.05. The van der Waals surface area contributed by atoms with Crippen LogP contribution in [0.15, 0.2) is 36.0 Å². The first kappa shape index (κ1) is 13.8. The lowest BCUT2D eigenvalue weighted by atomic mass is 10.2. The van der Waals surface area contributed by atoms with Gasteiger partial charge in [0.2, 0.25) is 0 Å². The molecule has 2 atom stereocenters. The van der Waals surface area contributed by atoms with Crippen LogP contribution >= 0.6 is 0 Å². The van der Waals surface area contributed by atoms with Crippen molar-refractivity contribution in [2.24, 2.45) is 0 Å². The SMILES string of the molecule is Cc1ccc(N2C=C3C(=O)NC(N4CCCC4)NC3N2)cc1. The molecule has 22 heavy (non-hydrogen) atoms. The second-order valence-electron chi connectivity index (χ2n) is 6.14. The van der Waals surface area contributed by atoms with Crippen molar-refractivity contribution in [2.75, 3.05) is 18.1 Å². The molecule has 0 aliphatic carbocycles. The summed E-state index contributed by atoms with van der Waals surface area (Å²) in [4.78, 5) is 14.6. The second-order valence-corrected chi connectivity index (χ2v) is 6.14. The lowest BCUT2D eigenvalue weighted by molar-refractivity contribution is -0.121. The maximum Gasteiger partial charge on any atom is 0.254 e. The van der Waals surface area contributed by atoms with Gasteiger partial charge in [-0.15, -0.1) is 0 Å². The van der Waals surface area contributed by atoms with Crippen LogP contribution in [0.25, 0.3) is 0 Å². The monoisotopic (exact) mass is 299 g/mol. The minimum absolute atomic E-state index is 0.00256. The van der Waals surface area contributed by atoms with E-state index in [1.165, 1.54) is 18.4 Å². The molecule has 1 amide bonds. The number of amides is 1. The van der Waals surface area contributed by atoms with E-state index in [-0.39, 0.29) is 18.4 Å². The number of carbonyl (C=O) groups excluding carboxylic acids is 1. The lowest BCUT2D eigenvalue weighted by Gasteiger charge is -2.36. The fraction of sp³-hybridized carbons (Fsp3) is 0.438. The Hall–Kier alpha value is -1.89. The number of carbonyl (C=O) groups is 1. The lowest BCUT2D eigenvalue weighted by Crippen LogP contribution is -2.66. The van der Waals surface area contributed by atoms with E-state index < -0.39 is 0 Å². The quantitative estimate of drug-likeness (QED) is 0.748. The Balaban J connectivity index is 1.51. The summed E-state index contributed by atoms with van der Waals surface area (Å²) in [5.74, 6) is 0.00256. The molecule has 3 aliphatic rings. The van der Waals surface area contributed by atoms with Crippen molar-refractivity contribution in [3.05, 3.63) is 41.6 Å². The molecule has 2 saturated heterocycles. The van der Waals surface area contributed by atoms with E-state index in [0.717, 1.165) is 24.4 Å². The van der Waals surface area contributed by atoms with Gasteiger partial charge in [-0.05, 0) is 31.9 Å². The van der Waals surface area contributed by atoms with E-state index in [0.29, 0.717) is 0 Å². The number of fused-ring (bicyclic) bond motifs is 1. The van der Waals surface area contributed by atoms with Gasteiger partial charge in [0.05, 0.1) is 11.3 Å². The summed E-state index contributed by atoms with van der Waals surface area (Å²) in [5, 5.41) is 8.44. The van der Waals surface area contributed by atoms with Gasteiger partial charge >= 0.3 is 0 Å². The largest absolute Gasteiger partial charge is 0.324 e. The molecule has 0 radical (unpaired) electrons. The van der Waals surface area contributed by atoms with Crippen LogP contribution in [-0.4, -0.2) is 36.4 Å². The van der Waals surface area contributed by atoms with Crippen molar-refractivity contribution in [3.8, 4) is 0 Å². The summed E-state index contributed by atoms with van der Waals surface area (Å²) in [7, 11) is 0. The zero-order chi connectivity index (χ0) is 15.1. The zero-order valence-corrected chi connectivity index (χ0v) is 12.7. The highest BCUT2D eigenvalue weighted by Crippen LogP contribution is 2.23. The fourth-order valence-electron chi connectivity index (χ4n) is 3.23. The molecule has 6 nitrogen and oxygen atoms in total. The summed E-state index contributed by atoms with van der Waals surface area (Å²) in [5.41, 5.74) is 6.34. The standard InChI is InChI=1S/C16H21N5O/c1-11-4-6-12(7-5-11)21-10-13-14(19-21)17-16(18-15(13)22)20-8-2-3-9-20/h4-7,10,14,16-17,19H,2-3,8-9H2,1H3,(H,18,22). The number of hydrogen-bond donors (Lipinski definition) is 3. The van der Waals surface area contributed by atoms with Crippen LogP contribution in [0.1, 0.15) is 18.4 Å². The van der Waals surface area contributed by atoms with Gasteiger partial charge in [-0.25, -0.2) is 5.43 Å². The number of rotatable bonds is 2. The first-order chi connectivity index (χ1) is 10.7. The van der Waals surface area contributed by atoms with Crippen molar-refractivity contribution in [1.29, 1.82) is 0 Å². The first-order valence-electron chi connectivity index (χ1n) is 7.85. The molecule has 0 aromatic heterocycles. The molecule has 0 bridgehead atoms. The van der Waals surface area contributed by atoms with Gasteiger partial charge in [-0.3, -0.25) is 20.0 Å². The van der Waals surface area contributed by atoms with Crippen LogP contribution < -0.4 is 21.1 Å². The van der Waals surface area contributed by atoms with Crippen LogP contribution in [0.3, 0.4) is 0 Å². The zero-order valence-electron chi connectivity index (χ0n) is 12.7. The summed E-state index contributed by atoms with van der Waals surface area (Å²) >= 11 is 0. The van der Waals surface area contributed by atoms with Crippen molar-refractivity contribution in [2.45, 2.75) is 32.2 Å². The minimum Gasteiger partial charge on any atom is -0.324 e. The summed E-state index contributed by atoms with van der Waals surface area (Å²) < 4.78 is 0. The van der Waals surface area contributed by atoms with Crippen molar-refractivity contribution < 1.29 is 4.79 Å². The number of nitrogens with zero attached hydrogens (tertiary/aromatic N) is 2.